The first-order chi connectivity index (χ1) is 13.1. The molecule has 4 rings (SSSR count). The second-order valence-electron chi connectivity index (χ2n) is 8.24. The molecule has 1 amide bonds. The van der Waals surface area contributed by atoms with Crippen LogP contribution in [0, 0.1) is 5.92 Å². The minimum atomic E-state index is -4.47. The number of nitrogens with one attached hydrogen (secondary N) is 2. The number of amides is 1. The first-order valence-corrected chi connectivity index (χ1v) is 9.58. The molecule has 28 heavy (non-hydrogen) atoms. The summed E-state index contributed by atoms with van der Waals surface area (Å²) in [5.74, 6) is 0.178. The fraction of sp³-hybridized carbons (Fsp3) is 0.600. The largest absolute Gasteiger partial charge is 0.481 e. The molecule has 0 aromatic carbocycles. The van der Waals surface area contributed by atoms with Crippen LogP contribution in [0.5, 0.6) is 5.75 Å². The minimum Gasteiger partial charge on any atom is -0.481 e. The van der Waals surface area contributed by atoms with Crippen molar-refractivity contribution >= 4 is 5.91 Å². The van der Waals surface area contributed by atoms with Gasteiger partial charge in [0.05, 0.1) is 0 Å². The van der Waals surface area contributed by atoms with Gasteiger partial charge in [0.1, 0.15) is 11.4 Å². The van der Waals surface area contributed by atoms with Crippen LogP contribution in [0.25, 0.3) is 0 Å². The summed E-state index contributed by atoms with van der Waals surface area (Å²) >= 11 is 0. The van der Waals surface area contributed by atoms with Crippen molar-refractivity contribution in [3.63, 3.8) is 0 Å². The highest BCUT2D eigenvalue weighted by molar-refractivity contribution is 5.93. The molecule has 0 aliphatic heterocycles. The normalized spacial score (nSPS) is 27.3. The second kappa shape index (κ2) is 6.39. The molecule has 8 heteroatoms. The fourth-order valence-electron chi connectivity index (χ4n) is 4.04. The number of ether oxygens (including phenoxy) is 1. The Morgan fingerprint density at radius 3 is 2.68 bits per heavy atom. The van der Waals surface area contributed by atoms with E-state index < -0.39 is 23.7 Å². The Morgan fingerprint density at radius 1 is 1.39 bits per heavy atom. The minimum absolute atomic E-state index is 0.0788. The lowest BCUT2D eigenvalue weighted by Gasteiger charge is -2.28. The van der Waals surface area contributed by atoms with Gasteiger partial charge in [-0.2, -0.15) is 13.2 Å². The average molecular weight is 395 g/mol. The van der Waals surface area contributed by atoms with Crippen LogP contribution in [0.1, 0.15) is 61.5 Å². The van der Waals surface area contributed by atoms with E-state index in [9.17, 15) is 18.0 Å². The summed E-state index contributed by atoms with van der Waals surface area (Å²) < 4.78 is 44.1. The standard InChI is InChI=1S/C20H24F3N3O2/c1-10(20(21,22)23)28-17-7-15(25-9-13(17)11-4-5-11)18(27)26-19(2)8-16(24-3)12-6-14(12)19/h7,9-11,14,24H,4-6,8H2,1-3H3,(H,26,27)/t10-,14?,19?/m0/s1. The summed E-state index contributed by atoms with van der Waals surface area (Å²) in [6, 6.07) is 1.35. The van der Waals surface area contributed by atoms with Crippen molar-refractivity contribution in [2.75, 3.05) is 7.05 Å². The maximum atomic E-state index is 13.0. The van der Waals surface area contributed by atoms with Gasteiger partial charge in [-0.3, -0.25) is 9.78 Å². The number of hydrogen-bond donors (Lipinski definition) is 2. The van der Waals surface area contributed by atoms with Gasteiger partial charge < -0.3 is 15.4 Å². The summed E-state index contributed by atoms with van der Waals surface area (Å²) in [5, 5.41) is 6.22. The first kappa shape index (κ1) is 19.1. The summed E-state index contributed by atoms with van der Waals surface area (Å²) in [5.41, 5.74) is 2.82. The van der Waals surface area contributed by atoms with Crippen LogP contribution in [0.3, 0.4) is 0 Å². The molecule has 1 heterocycles. The van der Waals surface area contributed by atoms with E-state index in [1.54, 1.807) is 0 Å². The van der Waals surface area contributed by atoms with E-state index in [0.29, 0.717) is 17.9 Å². The SMILES string of the molecule is CNC1=C2CC2C(C)(NC(=O)c2cc(O[C@@H](C)C(F)(F)F)c(C3CC3)cn2)C1. The van der Waals surface area contributed by atoms with E-state index in [2.05, 4.69) is 15.6 Å². The van der Waals surface area contributed by atoms with Crippen LogP contribution in [0.4, 0.5) is 13.2 Å². The Morgan fingerprint density at radius 2 is 2.11 bits per heavy atom. The Labute approximate surface area is 161 Å². The van der Waals surface area contributed by atoms with Crippen LogP contribution < -0.4 is 15.4 Å². The van der Waals surface area contributed by atoms with Crippen molar-refractivity contribution in [2.45, 2.75) is 63.3 Å². The number of pyridine rings is 1. The van der Waals surface area contributed by atoms with Gasteiger partial charge in [0, 0.05) is 48.4 Å². The molecule has 1 aromatic rings. The topological polar surface area (TPSA) is 63.2 Å². The van der Waals surface area contributed by atoms with E-state index in [4.69, 9.17) is 4.74 Å². The number of carbonyl (C=O) groups is 1. The molecule has 152 valence electrons. The number of nitrogens with zero attached hydrogens (tertiary/aromatic N) is 1. The van der Waals surface area contributed by atoms with Crippen molar-refractivity contribution in [2.24, 2.45) is 5.92 Å². The highest BCUT2D eigenvalue weighted by Crippen LogP contribution is 2.55. The molecule has 0 bridgehead atoms. The van der Waals surface area contributed by atoms with E-state index >= 15 is 0 Å². The van der Waals surface area contributed by atoms with Crippen molar-refractivity contribution < 1.29 is 22.7 Å². The Balaban J connectivity index is 1.53. The van der Waals surface area contributed by atoms with Gasteiger partial charge in [-0.1, -0.05) is 0 Å². The second-order valence-corrected chi connectivity index (χ2v) is 8.24. The Kier molecular flexibility index (Phi) is 4.35. The number of fused-ring (bicyclic) bond motifs is 1. The van der Waals surface area contributed by atoms with E-state index in [-0.39, 0.29) is 17.4 Å². The summed E-state index contributed by atoms with van der Waals surface area (Å²) in [6.07, 6.45) is -1.48. The van der Waals surface area contributed by atoms with Crippen molar-refractivity contribution in [1.82, 2.24) is 15.6 Å². The predicted molar refractivity (Wildman–Crippen MR) is 97.0 cm³/mol. The number of alkyl halides is 3. The first-order valence-electron chi connectivity index (χ1n) is 9.58. The highest BCUT2D eigenvalue weighted by Gasteiger charge is 2.54. The molecule has 0 saturated heterocycles. The third-order valence-electron chi connectivity index (χ3n) is 6.00. The van der Waals surface area contributed by atoms with Gasteiger partial charge in [-0.15, -0.1) is 0 Å². The zero-order valence-corrected chi connectivity index (χ0v) is 16.1. The summed E-state index contributed by atoms with van der Waals surface area (Å²) in [4.78, 5) is 17.0. The molecule has 0 spiro atoms. The van der Waals surface area contributed by atoms with E-state index in [1.165, 1.54) is 17.8 Å². The molecule has 5 nitrogen and oxygen atoms in total. The molecule has 2 N–H and O–H groups in total. The molecular formula is C20H24F3N3O2. The molecule has 3 aliphatic rings. The van der Waals surface area contributed by atoms with Gasteiger partial charge >= 0.3 is 6.18 Å². The van der Waals surface area contributed by atoms with Crippen molar-refractivity contribution in [3.05, 3.63) is 34.8 Å². The lowest BCUT2D eigenvalue weighted by atomic mass is 9.94. The van der Waals surface area contributed by atoms with Crippen molar-refractivity contribution in [1.29, 1.82) is 0 Å². The fourth-order valence-corrected chi connectivity index (χ4v) is 4.04. The van der Waals surface area contributed by atoms with Gasteiger partial charge in [-0.05, 0) is 44.6 Å². The van der Waals surface area contributed by atoms with E-state index in [1.807, 2.05) is 14.0 Å². The number of halogens is 3. The maximum absolute atomic E-state index is 13.0. The lowest BCUT2D eigenvalue weighted by Crippen LogP contribution is -2.47. The maximum Gasteiger partial charge on any atom is 0.425 e. The molecule has 2 saturated carbocycles. The summed E-state index contributed by atoms with van der Waals surface area (Å²) in [7, 11) is 1.87. The monoisotopic (exact) mass is 395 g/mol. The third kappa shape index (κ3) is 3.44. The zero-order valence-electron chi connectivity index (χ0n) is 16.1. The molecule has 0 radical (unpaired) electrons. The van der Waals surface area contributed by atoms with Gasteiger partial charge in [0.25, 0.3) is 5.91 Å². The van der Waals surface area contributed by atoms with Gasteiger partial charge in [0.15, 0.2) is 6.10 Å². The quantitative estimate of drug-likeness (QED) is 0.772. The number of aromatic nitrogens is 1. The molecule has 2 fully saturated rings. The van der Waals surface area contributed by atoms with Crippen LogP contribution in [0.15, 0.2) is 23.5 Å². The van der Waals surface area contributed by atoms with Crippen LogP contribution in [0.2, 0.25) is 0 Å². The predicted octanol–water partition coefficient (Wildman–Crippen LogP) is 3.67. The van der Waals surface area contributed by atoms with Gasteiger partial charge in [0.2, 0.25) is 0 Å². The van der Waals surface area contributed by atoms with Crippen molar-refractivity contribution in [3.8, 4) is 5.75 Å². The third-order valence-corrected chi connectivity index (χ3v) is 6.00. The molecular weight excluding hydrogens is 371 g/mol. The summed E-state index contributed by atoms with van der Waals surface area (Å²) in [6.45, 7) is 2.96. The highest BCUT2D eigenvalue weighted by atomic mass is 19.4. The van der Waals surface area contributed by atoms with Crippen LogP contribution >= 0.6 is 0 Å². The van der Waals surface area contributed by atoms with Gasteiger partial charge in [-0.25, -0.2) is 0 Å². The van der Waals surface area contributed by atoms with Crippen LogP contribution in [-0.4, -0.2) is 35.8 Å². The van der Waals surface area contributed by atoms with Crippen LogP contribution in [-0.2, 0) is 0 Å². The average Bonchev–Trinajstić information content (AvgIpc) is 3.52. The smallest absolute Gasteiger partial charge is 0.425 e. The molecule has 3 atom stereocenters. The number of carbonyl (C=O) groups excluding carboxylic acids is 1. The number of hydrogen-bond acceptors (Lipinski definition) is 4. The Hall–Kier alpha value is -2.25. The lowest BCUT2D eigenvalue weighted by molar-refractivity contribution is -0.189. The number of rotatable bonds is 6. The zero-order chi connectivity index (χ0) is 20.3. The van der Waals surface area contributed by atoms with E-state index in [0.717, 1.165) is 31.9 Å². The Bertz CT molecular complexity index is 848. The molecule has 1 aromatic heterocycles. The molecule has 3 aliphatic carbocycles. The molecule has 2 unspecified atom stereocenters.